The van der Waals surface area contributed by atoms with Crippen molar-refractivity contribution in [1.82, 2.24) is 10.6 Å². The lowest BCUT2D eigenvalue weighted by Gasteiger charge is -2.18. The molecular weight excluding hydrogens is 396 g/mol. The van der Waals surface area contributed by atoms with Gasteiger partial charge in [0.2, 0.25) is 5.91 Å². The van der Waals surface area contributed by atoms with Crippen LogP contribution in [-0.4, -0.2) is 41.8 Å². The van der Waals surface area contributed by atoms with Crippen LogP contribution in [0.1, 0.15) is 50.2 Å². The number of carbonyl (C=O) groups is 3. The van der Waals surface area contributed by atoms with Gasteiger partial charge >= 0.3 is 12.1 Å². The SMILES string of the molecule is CC(CCC(=O)O)NC(=O)C[C@@H](C)NC(=O)OCC1c2ccccc2-c2ccccc21. The van der Waals surface area contributed by atoms with E-state index in [0.717, 1.165) is 22.3 Å². The van der Waals surface area contributed by atoms with Gasteiger partial charge in [-0.2, -0.15) is 0 Å². The van der Waals surface area contributed by atoms with Crippen LogP contribution in [-0.2, 0) is 14.3 Å². The second-order valence-corrected chi connectivity index (χ2v) is 7.98. The minimum atomic E-state index is -0.897. The number of fused-ring (bicyclic) bond motifs is 3. The summed E-state index contributed by atoms with van der Waals surface area (Å²) in [6.45, 7) is 3.69. The third kappa shape index (κ3) is 5.84. The molecule has 0 fully saturated rings. The van der Waals surface area contributed by atoms with Gasteiger partial charge in [-0.05, 0) is 42.5 Å². The minimum absolute atomic E-state index is 0.00496. The molecule has 0 spiro atoms. The summed E-state index contributed by atoms with van der Waals surface area (Å²) in [6, 6.07) is 15.6. The number of alkyl carbamates (subject to hydrolysis) is 1. The van der Waals surface area contributed by atoms with Crippen molar-refractivity contribution in [2.24, 2.45) is 0 Å². The first-order valence-corrected chi connectivity index (χ1v) is 10.5. The molecule has 2 aromatic rings. The zero-order valence-electron chi connectivity index (χ0n) is 17.8. The maximum absolute atomic E-state index is 12.3. The molecule has 1 aliphatic rings. The minimum Gasteiger partial charge on any atom is -0.481 e. The van der Waals surface area contributed by atoms with Crippen LogP contribution in [0.3, 0.4) is 0 Å². The predicted molar refractivity (Wildman–Crippen MR) is 117 cm³/mol. The summed E-state index contributed by atoms with van der Waals surface area (Å²) in [6.07, 6.45) is -0.132. The van der Waals surface area contributed by atoms with Crippen molar-refractivity contribution in [3.63, 3.8) is 0 Å². The van der Waals surface area contributed by atoms with Crippen LogP contribution in [0.25, 0.3) is 11.1 Å². The number of hydrogen-bond acceptors (Lipinski definition) is 4. The zero-order valence-corrected chi connectivity index (χ0v) is 17.8. The van der Waals surface area contributed by atoms with E-state index < -0.39 is 18.1 Å². The smallest absolute Gasteiger partial charge is 0.407 e. The summed E-state index contributed by atoms with van der Waals surface area (Å²) in [5.41, 5.74) is 4.60. The molecular formula is C24H28N2O5. The monoisotopic (exact) mass is 424 g/mol. The van der Waals surface area contributed by atoms with Crippen LogP contribution in [0.5, 0.6) is 0 Å². The number of carboxylic acids is 1. The van der Waals surface area contributed by atoms with Gasteiger partial charge in [0, 0.05) is 30.8 Å². The van der Waals surface area contributed by atoms with E-state index in [9.17, 15) is 14.4 Å². The molecule has 3 N–H and O–H groups in total. The highest BCUT2D eigenvalue weighted by atomic mass is 16.5. The highest BCUT2D eigenvalue weighted by Gasteiger charge is 2.29. The number of amides is 2. The summed E-state index contributed by atoms with van der Waals surface area (Å²) < 4.78 is 5.49. The molecule has 7 nitrogen and oxygen atoms in total. The Labute approximate surface area is 181 Å². The Morgan fingerprint density at radius 1 is 0.935 bits per heavy atom. The van der Waals surface area contributed by atoms with Crippen molar-refractivity contribution in [1.29, 1.82) is 0 Å². The van der Waals surface area contributed by atoms with Crippen LogP contribution in [0.4, 0.5) is 4.79 Å². The quantitative estimate of drug-likeness (QED) is 0.570. The number of aliphatic carboxylic acids is 1. The van der Waals surface area contributed by atoms with Gasteiger partial charge in [0.25, 0.3) is 0 Å². The first kappa shape index (κ1) is 22.3. The topological polar surface area (TPSA) is 105 Å². The lowest BCUT2D eigenvalue weighted by molar-refractivity contribution is -0.137. The third-order valence-electron chi connectivity index (χ3n) is 5.40. The number of benzene rings is 2. The second kappa shape index (κ2) is 10.1. The molecule has 7 heteroatoms. The van der Waals surface area contributed by atoms with Gasteiger partial charge < -0.3 is 20.5 Å². The molecule has 1 aliphatic carbocycles. The number of carboxylic acid groups (broad SMARTS) is 1. The van der Waals surface area contributed by atoms with Gasteiger partial charge in [-0.1, -0.05) is 48.5 Å². The molecule has 2 amide bonds. The van der Waals surface area contributed by atoms with E-state index in [4.69, 9.17) is 9.84 Å². The van der Waals surface area contributed by atoms with E-state index in [1.165, 1.54) is 0 Å². The predicted octanol–water partition coefficient (Wildman–Crippen LogP) is 3.67. The Bertz CT molecular complexity index is 913. The Hall–Kier alpha value is -3.35. The van der Waals surface area contributed by atoms with Crippen LogP contribution >= 0.6 is 0 Å². The van der Waals surface area contributed by atoms with Crippen molar-refractivity contribution >= 4 is 18.0 Å². The van der Waals surface area contributed by atoms with Gasteiger partial charge in [0.05, 0.1) is 0 Å². The molecule has 2 aromatic carbocycles. The van der Waals surface area contributed by atoms with E-state index in [1.54, 1.807) is 13.8 Å². The molecule has 0 heterocycles. The van der Waals surface area contributed by atoms with Crippen LogP contribution < -0.4 is 10.6 Å². The first-order valence-electron chi connectivity index (χ1n) is 10.5. The van der Waals surface area contributed by atoms with Gasteiger partial charge in [-0.25, -0.2) is 4.79 Å². The molecule has 0 aromatic heterocycles. The Morgan fingerprint density at radius 3 is 2.10 bits per heavy atom. The Kier molecular flexibility index (Phi) is 7.28. The molecule has 1 unspecified atom stereocenters. The molecule has 0 saturated carbocycles. The standard InChI is InChI=1S/C24H28N2O5/c1-15(11-12-23(28)29)25-22(27)13-16(2)26-24(30)31-14-21-19-9-5-3-7-17(19)18-8-4-6-10-20(18)21/h3-10,15-16,21H,11-14H2,1-2H3,(H,25,27)(H,26,30)(H,28,29)/t15?,16-/m1/s1. The Morgan fingerprint density at radius 2 is 1.52 bits per heavy atom. The highest BCUT2D eigenvalue weighted by Crippen LogP contribution is 2.44. The molecule has 2 atom stereocenters. The normalized spacial score (nSPS) is 14.1. The van der Waals surface area contributed by atoms with E-state index in [0.29, 0.717) is 6.42 Å². The van der Waals surface area contributed by atoms with Crippen molar-refractivity contribution in [2.45, 2.75) is 51.1 Å². The molecule has 164 valence electrons. The van der Waals surface area contributed by atoms with Gasteiger partial charge in [-0.3, -0.25) is 9.59 Å². The van der Waals surface area contributed by atoms with Gasteiger partial charge in [0.1, 0.15) is 6.61 Å². The van der Waals surface area contributed by atoms with E-state index in [1.807, 2.05) is 24.3 Å². The summed E-state index contributed by atoms with van der Waals surface area (Å²) >= 11 is 0. The van der Waals surface area contributed by atoms with E-state index in [-0.39, 0.29) is 37.3 Å². The van der Waals surface area contributed by atoms with Crippen LogP contribution in [0, 0.1) is 0 Å². The maximum Gasteiger partial charge on any atom is 0.407 e. The summed E-state index contributed by atoms with van der Waals surface area (Å²) in [5.74, 6) is -1.16. The Balaban J connectivity index is 1.48. The number of nitrogens with one attached hydrogen (secondary N) is 2. The highest BCUT2D eigenvalue weighted by molar-refractivity contribution is 5.79. The van der Waals surface area contributed by atoms with Crippen LogP contribution in [0.2, 0.25) is 0 Å². The lowest BCUT2D eigenvalue weighted by Crippen LogP contribution is -2.40. The number of ether oxygens (including phenoxy) is 1. The van der Waals surface area contributed by atoms with Crippen molar-refractivity contribution in [3.05, 3.63) is 59.7 Å². The zero-order chi connectivity index (χ0) is 22.4. The first-order chi connectivity index (χ1) is 14.8. The molecule has 0 radical (unpaired) electrons. The lowest BCUT2D eigenvalue weighted by atomic mass is 9.98. The fourth-order valence-electron chi connectivity index (χ4n) is 3.92. The fourth-order valence-corrected chi connectivity index (χ4v) is 3.92. The van der Waals surface area contributed by atoms with E-state index >= 15 is 0 Å². The average Bonchev–Trinajstić information content (AvgIpc) is 3.04. The van der Waals surface area contributed by atoms with Crippen molar-refractivity contribution in [3.8, 4) is 11.1 Å². The largest absolute Gasteiger partial charge is 0.481 e. The average molecular weight is 424 g/mol. The molecule has 0 aliphatic heterocycles. The number of hydrogen-bond donors (Lipinski definition) is 3. The van der Waals surface area contributed by atoms with Gasteiger partial charge in [0.15, 0.2) is 0 Å². The summed E-state index contributed by atoms with van der Waals surface area (Å²) in [7, 11) is 0. The third-order valence-corrected chi connectivity index (χ3v) is 5.40. The second-order valence-electron chi connectivity index (χ2n) is 7.98. The number of rotatable bonds is 9. The molecule has 31 heavy (non-hydrogen) atoms. The van der Waals surface area contributed by atoms with E-state index in [2.05, 4.69) is 34.9 Å². The molecule has 0 saturated heterocycles. The van der Waals surface area contributed by atoms with Crippen molar-refractivity contribution in [2.75, 3.05) is 6.61 Å². The molecule has 3 rings (SSSR count). The summed E-state index contributed by atoms with van der Waals surface area (Å²) in [4.78, 5) is 35.0. The molecule has 0 bridgehead atoms. The number of carbonyl (C=O) groups excluding carboxylic acids is 2. The van der Waals surface area contributed by atoms with Crippen LogP contribution in [0.15, 0.2) is 48.5 Å². The summed E-state index contributed by atoms with van der Waals surface area (Å²) in [5, 5.41) is 14.1. The van der Waals surface area contributed by atoms with Crippen molar-refractivity contribution < 1.29 is 24.2 Å². The van der Waals surface area contributed by atoms with Gasteiger partial charge in [-0.15, -0.1) is 0 Å². The fraction of sp³-hybridized carbons (Fsp3) is 0.375. The maximum atomic E-state index is 12.3.